The van der Waals surface area contributed by atoms with Crippen molar-refractivity contribution in [2.45, 2.75) is 13.8 Å². The molecule has 20 heavy (non-hydrogen) atoms. The Morgan fingerprint density at radius 2 is 2.05 bits per heavy atom. The Hall–Kier alpha value is -1.75. The van der Waals surface area contributed by atoms with Crippen molar-refractivity contribution in [3.05, 3.63) is 23.8 Å². The molecule has 0 aromatic heterocycles. The fourth-order valence-corrected chi connectivity index (χ4v) is 2.01. The van der Waals surface area contributed by atoms with Gasteiger partial charge in [0.2, 0.25) is 0 Å². The maximum Gasteiger partial charge on any atom is 0.337 e. The second-order valence-electron chi connectivity index (χ2n) is 5.10. The second kappa shape index (κ2) is 7.75. The van der Waals surface area contributed by atoms with E-state index in [2.05, 4.69) is 18.7 Å². The number of hydrogen-bond donors (Lipinski definition) is 1. The minimum atomic E-state index is -0.359. The highest BCUT2D eigenvalue weighted by Crippen LogP contribution is 2.25. The molecule has 0 saturated carbocycles. The molecule has 0 aliphatic rings. The quantitative estimate of drug-likeness (QED) is 0.612. The van der Waals surface area contributed by atoms with E-state index in [1.54, 1.807) is 25.3 Å². The van der Waals surface area contributed by atoms with Crippen LogP contribution >= 0.6 is 0 Å². The number of nitrogen functional groups attached to an aromatic ring is 1. The number of carbonyl (C=O) groups is 1. The zero-order valence-electron chi connectivity index (χ0n) is 12.7. The van der Waals surface area contributed by atoms with Crippen molar-refractivity contribution < 1.29 is 14.3 Å². The smallest absolute Gasteiger partial charge is 0.337 e. The average Bonchev–Trinajstić information content (AvgIpc) is 2.43. The summed E-state index contributed by atoms with van der Waals surface area (Å²) in [4.78, 5) is 13.8. The van der Waals surface area contributed by atoms with Gasteiger partial charge in [0, 0.05) is 20.2 Å². The van der Waals surface area contributed by atoms with Gasteiger partial charge < -0.3 is 20.1 Å². The van der Waals surface area contributed by atoms with E-state index in [1.165, 1.54) is 7.11 Å². The van der Waals surface area contributed by atoms with E-state index < -0.39 is 0 Å². The molecule has 5 nitrogen and oxygen atoms in total. The second-order valence-corrected chi connectivity index (χ2v) is 5.10. The van der Waals surface area contributed by atoms with Gasteiger partial charge in [-0.25, -0.2) is 4.79 Å². The van der Waals surface area contributed by atoms with Crippen LogP contribution in [0.4, 0.5) is 11.4 Å². The molecule has 112 valence electrons. The number of anilines is 2. The SMILES string of the molecule is COCCN(CC(C)C)c1cc(C(=O)OC)ccc1N. The number of carbonyl (C=O) groups excluding carboxylic acids is 1. The highest BCUT2D eigenvalue weighted by molar-refractivity contribution is 5.92. The van der Waals surface area contributed by atoms with Crippen molar-refractivity contribution in [2.24, 2.45) is 5.92 Å². The van der Waals surface area contributed by atoms with Crippen molar-refractivity contribution in [1.82, 2.24) is 0 Å². The molecule has 0 aliphatic carbocycles. The van der Waals surface area contributed by atoms with E-state index >= 15 is 0 Å². The Morgan fingerprint density at radius 3 is 2.60 bits per heavy atom. The van der Waals surface area contributed by atoms with Gasteiger partial charge in [-0.15, -0.1) is 0 Å². The van der Waals surface area contributed by atoms with E-state index in [9.17, 15) is 4.79 Å². The summed E-state index contributed by atoms with van der Waals surface area (Å²) in [6, 6.07) is 5.19. The van der Waals surface area contributed by atoms with E-state index in [0.29, 0.717) is 23.8 Å². The van der Waals surface area contributed by atoms with Crippen LogP contribution in [0.5, 0.6) is 0 Å². The first-order valence-corrected chi connectivity index (χ1v) is 6.71. The monoisotopic (exact) mass is 280 g/mol. The first-order chi connectivity index (χ1) is 9.49. The van der Waals surface area contributed by atoms with Crippen molar-refractivity contribution >= 4 is 17.3 Å². The van der Waals surface area contributed by atoms with Crippen LogP contribution in [0, 0.1) is 5.92 Å². The van der Waals surface area contributed by atoms with E-state index in [-0.39, 0.29) is 5.97 Å². The molecule has 0 amide bonds. The van der Waals surface area contributed by atoms with Crippen molar-refractivity contribution in [1.29, 1.82) is 0 Å². The summed E-state index contributed by atoms with van der Waals surface area (Å²) >= 11 is 0. The maximum atomic E-state index is 11.6. The molecular formula is C15H24N2O3. The summed E-state index contributed by atoms with van der Waals surface area (Å²) in [6.07, 6.45) is 0. The number of ether oxygens (including phenoxy) is 2. The van der Waals surface area contributed by atoms with Crippen LogP contribution in [0.1, 0.15) is 24.2 Å². The molecule has 0 fully saturated rings. The van der Waals surface area contributed by atoms with Crippen LogP contribution < -0.4 is 10.6 Å². The van der Waals surface area contributed by atoms with Gasteiger partial charge in [-0.3, -0.25) is 0 Å². The number of hydrogen-bond acceptors (Lipinski definition) is 5. The molecule has 0 saturated heterocycles. The Morgan fingerprint density at radius 1 is 1.35 bits per heavy atom. The molecule has 1 rings (SSSR count). The Bertz CT molecular complexity index is 447. The fourth-order valence-electron chi connectivity index (χ4n) is 2.01. The molecule has 0 heterocycles. The summed E-state index contributed by atoms with van der Waals surface area (Å²) in [7, 11) is 3.04. The minimum absolute atomic E-state index is 0.359. The molecule has 1 aromatic carbocycles. The minimum Gasteiger partial charge on any atom is -0.465 e. The van der Waals surface area contributed by atoms with Crippen LogP contribution in [0.3, 0.4) is 0 Å². The Kier molecular flexibility index (Phi) is 6.31. The topological polar surface area (TPSA) is 64.8 Å². The first-order valence-electron chi connectivity index (χ1n) is 6.71. The van der Waals surface area contributed by atoms with Crippen molar-refractivity contribution in [3.63, 3.8) is 0 Å². The highest BCUT2D eigenvalue weighted by Gasteiger charge is 2.15. The van der Waals surface area contributed by atoms with E-state index in [0.717, 1.165) is 18.8 Å². The third-order valence-corrected chi connectivity index (χ3v) is 2.94. The van der Waals surface area contributed by atoms with Gasteiger partial charge in [-0.1, -0.05) is 13.8 Å². The highest BCUT2D eigenvalue weighted by atomic mass is 16.5. The Labute approximate surface area is 120 Å². The molecule has 5 heteroatoms. The number of esters is 1. The summed E-state index contributed by atoms with van der Waals surface area (Å²) in [5.41, 5.74) is 8.04. The zero-order chi connectivity index (χ0) is 15.1. The van der Waals surface area contributed by atoms with Gasteiger partial charge in [0.15, 0.2) is 0 Å². The predicted octanol–water partition coefficient (Wildman–Crippen LogP) is 2.16. The number of rotatable bonds is 7. The summed E-state index contributed by atoms with van der Waals surface area (Å²) in [6.45, 7) is 6.45. The van der Waals surface area contributed by atoms with Crippen LogP contribution in [-0.4, -0.2) is 39.9 Å². The first kappa shape index (κ1) is 16.3. The average molecular weight is 280 g/mol. The van der Waals surface area contributed by atoms with Gasteiger partial charge >= 0.3 is 5.97 Å². The molecular weight excluding hydrogens is 256 g/mol. The van der Waals surface area contributed by atoms with Crippen LogP contribution in [0.15, 0.2) is 18.2 Å². The van der Waals surface area contributed by atoms with Crippen LogP contribution in [0.25, 0.3) is 0 Å². The van der Waals surface area contributed by atoms with Gasteiger partial charge in [0.25, 0.3) is 0 Å². The van der Waals surface area contributed by atoms with Crippen LogP contribution in [-0.2, 0) is 9.47 Å². The third kappa shape index (κ3) is 4.42. The van der Waals surface area contributed by atoms with E-state index in [1.807, 2.05) is 0 Å². The molecule has 0 unspecified atom stereocenters. The number of benzene rings is 1. The van der Waals surface area contributed by atoms with Crippen LogP contribution in [0.2, 0.25) is 0 Å². The standard InChI is InChI=1S/C15H24N2O3/c1-11(2)10-17(7-8-19-3)14-9-12(15(18)20-4)5-6-13(14)16/h5-6,9,11H,7-8,10,16H2,1-4H3. The zero-order valence-corrected chi connectivity index (χ0v) is 12.7. The molecule has 0 atom stereocenters. The third-order valence-electron chi connectivity index (χ3n) is 2.94. The maximum absolute atomic E-state index is 11.6. The number of nitrogens with two attached hydrogens (primary N) is 1. The molecule has 2 N–H and O–H groups in total. The molecule has 0 spiro atoms. The Balaban J connectivity index is 3.06. The predicted molar refractivity (Wildman–Crippen MR) is 81.1 cm³/mol. The lowest BCUT2D eigenvalue weighted by molar-refractivity contribution is 0.0601. The number of methoxy groups -OCH3 is 2. The fraction of sp³-hybridized carbons (Fsp3) is 0.533. The lowest BCUT2D eigenvalue weighted by Crippen LogP contribution is -2.31. The van der Waals surface area contributed by atoms with Crippen molar-refractivity contribution in [2.75, 3.05) is 44.5 Å². The van der Waals surface area contributed by atoms with Gasteiger partial charge in [0.1, 0.15) is 0 Å². The molecule has 0 radical (unpaired) electrons. The number of nitrogens with zero attached hydrogens (tertiary/aromatic N) is 1. The molecule has 1 aromatic rings. The summed E-state index contributed by atoms with van der Waals surface area (Å²) in [5, 5.41) is 0. The summed E-state index contributed by atoms with van der Waals surface area (Å²) < 4.78 is 9.89. The van der Waals surface area contributed by atoms with Gasteiger partial charge in [0.05, 0.1) is 30.7 Å². The molecule has 0 bridgehead atoms. The normalized spacial score (nSPS) is 10.7. The largest absolute Gasteiger partial charge is 0.465 e. The lowest BCUT2D eigenvalue weighted by atomic mass is 10.1. The molecule has 0 aliphatic heterocycles. The lowest BCUT2D eigenvalue weighted by Gasteiger charge is -2.28. The summed E-state index contributed by atoms with van der Waals surface area (Å²) in [5.74, 6) is 0.121. The van der Waals surface area contributed by atoms with Crippen molar-refractivity contribution in [3.8, 4) is 0 Å². The van der Waals surface area contributed by atoms with E-state index in [4.69, 9.17) is 15.2 Å². The van der Waals surface area contributed by atoms with Gasteiger partial charge in [-0.05, 0) is 24.1 Å². The van der Waals surface area contributed by atoms with Gasteiger partial charge in [-0.2, -0.15) is 0 Å².